The third kappa shape index (κ3) is 2.42. The molecule has 0 atom stereocenters. The molecule has 0 saturated heterocycles. The summed E-state index contributed by atoms with van der Waals surface area (Å²) in [6.45, 7) is 0. The monoisotopic (exact) mass is 466 g/mol. The smallest absolute Gasteiger partial charge is 0.138 e. The molecule has 0 aliphatic rings. The molecular weight excluding hydrogens is 456 g/mol. The number of aromatic nitrogens is 2. The Morgan fingerprint density at radius 2 is 1.46 bits per heavy atom. The standard InChI is InChI=1S/C21H12Br2N2O/c22-12-4-6-15-16-7-5-13(23)10-18(16)20-19(17(15)9-12)24-21(25-20)11-2-1-3-14(26)8-11/h1-10,26H,(H,24,25). The molecule has 5 aromatic rings. The summed E-state index contributed by atoms with van der Waals surface area (Å²) >= 11 is 7.16. The average molecular weight is 468 g/mol. The Kier molecular flexibility index (Phi) is 3.55. The Morgan fingerprint density at radius 1 is 0.769 bits per heavy atom. The second kappa shape index (κ2) is 5.83. The van der Waals surface area contributed by atoms with Crippen molar-refractivity contribution in [1.82, 2.24) is 9.97 Å². The molecule has 3 nitrogen and oxygen atoms in total. The average Bonchev–Trinajstić information content (AvgIpc) is 3.08. The number of halogens is 2. The predicted molar refractivity (Wildman–Crippen MR) is 114 cm³/mol. The zero-order valence-corrected chi connectivity index (χ0v) is 16.6. The van der Waals surface area contributed by atoms with Gasteiger partial charge in [0.2, 0.25) is 0 Å². The normalized spacial score (nSPS) is 11.6. The lowest BCUT2D eigenvalue weighted by Crippen LogP contribution is -1.82. The van der Waals surface area contributed by atoms with Crippen LogP contribution in [0.1, 0.15) is 0 Å². The third-order valence-corrected chi connectivity index (χ3v) is 5.59. The van der Waals surface area contributed by atoms with Crippen LogP contribution in [0.5, 0.6) is 5.75 Å². The number of hydrogen-bond acceptors (Lipinski definition) is 2. The van der Waals surface area contributed by atoms with E-state index in [1.807, 2.05) is 12.1 Å². The van der Waals surface area contributed by atoms with E-state index in [1.54, 1.807) is 12.1 Å². The fraction of sp³-hybridized carbons (Fsp3) is 0. The van der Waals surface area contributed by atoms with E-state index in [0.717, 1.165) is 47.5 Å². The summed E-state index contributed by atoms with van der Waals surface area (Å²) < 4.78 is 2.04. The second-order valence-electron chi connectivity index (χ2n) is 6.24. The molecular formula is C21H12Br2N2O. The number of phenolic OH excluding ortho intramolecular Hbond substituents is 1. The summed E-state index contributed by atoms with van der Waals surface area (Å²) in [5, 5.41) is 14.4. The van der Waals surface area contributed by atoms with Gasteiger partial charge in [-0.1, -0.05) is 56.1 Å². The Labute approximate surface area is 165 Å². The van der Waals surface area contributed by atoms with Crippen LogP contribution in [0.3, 0.4) is 0 Å². The molecule has 0 aliphatic carbocycles. The van der Waals surface area contributed by atoms with E-state index in [1.165, 1.54) is 5.39 Å². The van der Waals surface area contributed by atoms with Crippen LogP contribution in [0.15, 0.2) is 69.6 Å². The maximum Gasteiger partial charge on any atom is 0.138 e. The predicted octanol–water partition coefficient (Wildman–Crippen LogP) is 6.77. The number of nitrogens with zero attached hydrogens (tertiary/aromatic N) is 1. The summed E-state index contributed by atoms with van der Waals surface area (Å²) in [7, 11) is 0. The van der Waals surface area contributed by atoms with Gasteiger partial charge < -0.3 is 10.1 Å². The molecule has 1 heterocycles. The molecule has 0 spiro atoms. The first-order valence-corrected chi connectivity index (χ1v) is 9.68. The topological polar surface area (TPSA) is 48.9 Å². The van der Waals surface area contributed by atoms with Crippen molar-refractivity contribution in [2.45, 2.75) is 0 Å². The zero-order valence-electron chi connectivity index (χ0n) is 13.4. The zero-order chi connectivity index (χ0) is 17.8. The highest BCUT2D eigenvalue weighted by Crippen LogP contribution is 2.37. The van der Waals surface area contributed by atoms with Crippen LogP contribution in [-0.4, -0.2) is 15.1 Å². The molecule has 2 N–H and O–H groups in total. The molecule has 126 valence electrons. The second-order valence-corrected chi connectivity index (χ2v) is 8.07. The quantitative estimate of drug-likeness (QED) is 0.267. The van der Waals surface area contributed by atoms with Gasteiger partial charge in [0.25, 0.3) is 0 Å². The number of phenols is 1. The van der Waals surface area contributed by atoms with Crippen molar-refractivity contribution in [2.75, 3.05) is 0 Å². The number of rotatable bonds is 1. The van der Waals surface area contributed by atoms with Gasteiger partial charge in [0.1, 0.15) is 11.6 Å². The lowest BCUT2D eigenvalue weighted by atomic mass is 10.0. The van der Waals surface area contributed by atoms with Crippen molar-refractivity contribution < 1.29 is 5.11 Å². The Hall–Kier alpha value is -2.37. The van der Waals surface area contributed by atoms with Crippen LogP contribution in [0.4, 0.5) is 0 Å². The van der Waals surface area contributed by atoms with Crippen LogP contribution < -0.4 is 0 Å². The number of benzene rings is 4. The van der Waals surface area contributed by atoms with Crippen molar-refractivity contribution in [3.05, 3.63) is 69.6 Å². The van der Waals surface area contributed by atoms with Gasteiger partial charge in [0, 0.05) is 25.3 Å². The molecule has 0 unspecified atom stereocenters. The molecule has 0 saturated carbocycles. The first kappa shape index (κ1) is 15.9. The van der Waals surface area contributed by atoms with Gasteiger partial charge in [-0.15, -0.1) is 0 Å². The summed E-state index contributed by atoms with van der Waals surface area (Å²) in [5.74, 6) is 0.966. The minimum absolute atomic E-state index is 0.225. The van der Waals surface area contributed by atoms with E-state index < -0.39 is 0 Å². The van der Waals surface area contributed by atoms with Crippen molar-refractivity contribution in [2.24, 2.45) is 0 Å². The Morgan fingerprint density at radius 3 is 2.19 bits per heavy atom. The molecule has 26 heavy (non-hydrogen) atoms. The summed E-state index contributed by atoms with van der Waals surface area (Å²) in [6, 6.07) is 19.7. The summed E-state index contributed by atoms with van der Waals surface area (Å²) in [5.41, 5.74) is 2.77. The van der Waals surface area contributed by atoms with Gasteiger partial charge >= 0.3 is 0 Å². The van der Waals surface area contributed by atoms with Crippen molar-refractivity contribution in [3.63, 3.8) is 0 Å². The van der Waals surface area contributed by atoms with E-state index in [9.17, 15) is 5.11 Å². The van der Waals surface area contributed by atoms with E-state index >= 15 is 0 Å². The lowest BCUT2D eigenvalue weighted by molar-refractivity contribution is 0.475. The van der Waals surface area contributed by atoms with Crippen LogP contribution in [0.25, 0.3) is 44.0 Å². The number of hydrogen-bond donors (Lipinski definition) is 2. The molecule has 1 aromatic heterocycles. The van der Waals surface area contributed by atoms with E-state index in [-0.39, 0.29) is 5.75 Å². The van der Waals surface area contributed by atoms with Gasteiger partial charge in [0.15, 0.2) is 0 Å². The fourth-order valence-electron chi connectivity index (χ4n) is 3.46. The minimum atomic E-state index is 0.225. The molecule has 0 amide bonds. The van der Waals surface area contributed by atoms with Crippen molar-refractivity contribution in [1.29, 1.82) is 0 Å². The SMILES string of the molecule is Oc1cccc(-c2nc3c4cc(Br)ccc4c4ccc(Br)cc4c3[nH]2)c1. The first-order chi connectivity index (χ1) is 12.6. The van der Waals surface area contributed by atoms with E-state index in [4.69, 9.17) is 4.98 Å². The molecule has 5 rings (SSSR count). The first-order valence-electron chi connectivity index (χ1n) is 8.10. The van der Waals surface area contributed by atoms with Crippen LogP contribution in [0, 0.1) is 0 Å². The number of H-pyrrole nitrogens is 1. The van der Waals surface area contributed by atoms with Gasteiger partial charge in [-0.05, 0) is 47.2 Å². The number of aromatic amines is 1. The summed E-state index contributed by atoms with van der Waals surface area (Å²) in [6.07, 6.45) is 0. The largest absolute Gasteiger partial charge is 0.508 e. The number of imidazole rings is 1. The third-order valence-electron chi connectivity index (χ3n) is 4.60. The Bertz CT molecular complexity index is 1250. The summed E-state index contributed by atoms with van der Waals surface area (Å²) in [4.78, 5) is 8.33. The van der Waals surface area contributed by atoms with Crippen molar-refractivity contribution in [3.8, 4) is 17.1 Å². The number of fused-ring (bicyclic) bond motifs is 6. The van der Waals surface area contributed by atoms with Gasteiger partial charge in [-0.25, -0.2) is 4.98 Å². The molecule has 4 aromatic carbocycles. The van der Waals surface area contributed by atoms with Crippen LogP contribution in [0.2, 0.25) is 0 Å². The highest BCUT2D eigenvalue weighted by molar-refractivity contribution is 9.10. The Balaban J connectivity index is 1.97. The van der Waals surface area contributed by atoms with Crippen molar-refractivity contribution >= 4 is 64.4 Å². The maximum absolute atomic E-state index is 9.81. The van der Waals surface area contributed by atoms with Gasteiger partial charge in [-0.3, -0.25) is 0 Å². The molecule has 0 bridgehead atoms. The lowest BCUT2D eigenvalue weighted by Gasteiger charge is -2.07. The minimum Gasteiger partial charge on any atom is -0.508 e. The van der Waals surface area contributed by atoms with Crippen LogP contribution in [-0.2, 0) is 0 Å². The number of nitrogens with one attached hydrogen (secondary N) is 1. The van der Waals surface area contributed by atoms with Gasteiger partial charge in [0.05, 0.1) is 11.0 Å². The molecule has 0 radical (unpaired) electrons. The molecule has 0 aliphatic heterocycles. The highest BCUT2D eigenvalue weighted by atomic mass is 79.9. The number of aromatic hydroxyl groups is 1. The van der Waals surface area contributed by atoms with Gasteiger partial charge in [-0.2, -0.15) is 0 Å². The highest BCUT2D eigenvalue weighted by Gasteiger charge is 2.14. The maximum atomic E-state index is 9.81. The van der Waals surface area contributed by atoms with Crippen LogP contribution >= 0.6 is 31.9 Å². The molecule has 5 heteroatoms. The van der Waals surface area contributed by atoms with E-state index in [0.29, 0.717) is 0 Å². The molecule has 0 fully saturated rings. The fourth-order valence-corrected chi connectivity index (χ4v) is 4.18. The van der Waals surface area contributed by atoms with E-state index in [2.05, 4.69) is 73.2 Å².